The second-order valence-corrected chi connectivity index (χ2v) is 9.21. The Kier molecular flexibility index (Phi) is 5.93. The van der Waals surface area contributed by atoms with Crippen molar-refractivity contribution in [1.29, 1.82) is 0 Å². The molecule has 3 rings (SSSR count). The zero-order valence-electron chi connectivity index (χ0n) is 12.5. The van der Waals surface area contributed by atoms with Gasteiger partial charge in [-0.2, -0.15) is 0 Å². The zero-order valence-corrected chi connectivity index (χ0v) is 14.5. The van der Waals surface area contributed by atoms with Crippen LogP contribution in [0.2, 0.25) is 0 Å². The molecule has 0 aliphatic heterocycles. The molecule has 0 spiro atoms. The van der Waals surface area contributed by atoms with E-state index in [0.717, 1.165) is 29.0 Å². The van der Waals surface area contributed by atoms with Gasteiger partial charge in [0.1, 0.15) is 0 Å². The average Bonchev–Trinajstić information content (AvgIpc) is 3.17. The number of benzene rings is 1. The van der Waals surface area contributed by atoms with E-state index < -0.39 is 0 Å². The van der Waals surface area contributed by atoms with E-state index in [4.69, 9.17) is 0 Å². The lowest BCUT2D eigenvalue weighted by Gasteiger charge is -2.14. The van der Waals surface area contributed by atoms with Crippen LogP contribution in [0.3, 0.4) is 0 Å². The van der Waals surface area contributed by atoms with Crippen LogP contribution in [0, 0.1) is 11.8 Å². The Hall–Kier alpha value is 0.0800. The van der Waals surface area contributed by atoms with Crippen molar-refractivity contribution in [1.82, 2.24) is 0 Å². The standard InChI is InChI=1S/C18H28P2/c1-2-8-15(7-1)13-19-17-11-5-6-12-18(17)20-14-16-9-3-4-10-16/h5-6,11-12,15-16,19-20H,1-4,7-10,13-14H2. The molecule has 2 atom stereocenters. The third kappa shape index (κ3) is 4.29. The monoisotopic (exact) mass is 306 g/mol. The van der Waals surface area contributed by atoms with Crippen LogP contribution in [-0.4, -0.2) is 12.3 Å². The Morgan fingerprint density at radius 3 is 1.50 bits per heavy atom. The molecule has 0 bridgehead atoms. The molecule has 2 saturated carbocycles. The van der Waals surface area contributed by atoms with E-state index in [9.17, 15) is 0 Å². The number of hydrogen-bond donors (Lipinski definition) is 0. The van der Waals surface area contributed by atoms with Gasteiger partial charge < -0.3 is 0 Å². The first kappa shape index (κ1) is 15.0. The summed E-state index contributed by atoms with van der Waals surface area (Å²) in [5.41, 5.74) is 0. The van der Waals surface area contributed by atoms with Crippen molar-refractivity contribution >= 4 is 27.8 Å². The summed E-state index contributed by atoms with van der Waals surface area (Å²) in [5.74, 6) is 2.08. The van der Waals surface area contributed by atoms with Crippen LogP contribution in [0.4, 0.5) is 0 Å². The molecule has 1 aromatic rings. The summed E-state index contributed by atoms with van der Waals surface area (Å²) < 4.78 is 0. The van der Waals surface area contributed by atoms with Crippen molar-refractivity contribution in [2.45, 2.75) is 51.4 Å². The van der Waals surface area contributed by atoms with Crippen LogP contribution in [-0.2, 0) is 0 Å². The molecule has 0 heterocycles. The van der Waals surface area contributed by atoms with Gasteiger partial charge in [-0.1, -0.05) is 92.8 Å². The first-order chi connectivity index (χ1) is 9.92. The van der Waals surface area contributed by atoms with Gasteiger partial charge in [0, 0.05) is 0 Å². The van der Waals surface area contributed by atoms with Gasteiger partial charge in [0.25, 0.3) is 0 Å². The van der Waals surface area contributed by atoms with Crippen molar-refractivity contribution in [2.75, 3.05) is 12.3 Å². The van der Waals surface area contributed by atoms with Crippen molar-refractivity contribution in [2.24, 2.45) is 11.8 Å². The minimum atomic E-state index is 1.04. The maximum absolute atomic E-state index is 2.41. The summed E-state index contributed by atoms with van der Waals surface area (Å²) in [7, 11) is 2.13. The summed E-state index contributed by atoms with van der Waals surface area (Å²) in [6, 6.07) is 9.32. The fourth-order valence-corrected chi connectivity index (χ4v) is 7.07. The highest BCUT2D eigenvalue weighted by molar-refractivity contribution is 7.54. The summed E-state index contributed by atoms with van der Waals surface area (Å²) in [6.45, 7) is 0. The van der Waals surface area contributed by atoms with E-state index in [0.29, 0.717) is 0 Å². The van der Waals surface area contributed by atoms with E-state index in [2.05, 4.69) is 24.3 Å². The van der Waals surface area contributed by atoms with Crippen LogP contribution in [0.15, 0.2) is 24.3 Å². The van der Waals surface area contributed by atoms with Crippen molar-refractivity contribution in [3.05, 3.63) is 24.3 Å². The molecule has 20 heavy (non-hydrogen) atoms. The largest absolute Gasteiger partial charge is 0.0894 e. The minimum Gasteiger partial charge on any atom is -0.0894 e. The van der Waals surface area contributed by atoms with Crippen molar-refractivity contribution < 1.29 is 0 Å². The smallest absolute Gasteiger partial charge is 0.0197 e. The van der Waals surface area contributed by atoms with E-state index in [-0.39, 0.29) is 0 Å². The minimum absolute atomic E-state index is 1.04. The lowest BCUT2D eigenvalue weighted by molar-refractivity contribution is 0.622. The zero-order chi connectivity index (χ0) is 13.6. The predicted molar refractivity (Wildman–Crippen MR) is 96.0 cm³/mol. The molecule has 0 nitrogen and oxygen atoms in total. The summed E-state index contributed by atoms with van der Waals surface area (Å²) in [6.07, 6.45) is 14.9. The van der Waals surface area contributed by atoms with Crippen LogP contribution >= 0.6 is 17.2 Å². The highest BCUT2D eigenvalue weighted by atomic mass is 31.1. The van der Waals surface area contributed by atoms with Crippen LogP contribution in [0.5, 0.6) is 0 Å². The van der Waals surface area contributed by atoms with Crippen molar-refractivity contribution in [3.8, 4) is 0 Å². The molecule has 2 unspecified atom stereocenters. The van der Waals surface area contributed by atoms with Gasteiger partial charge in [0.15, 0.2) is 0 Å². The first-order valence-electron chi connectivity index (χ1n) is 8.48. The second kappa shape index (κ2) is 7.91. The first-order valence-corrected chi connectivity index (χ1v) is 10.9. The van der Waals surface area contributed by atoms with E-state index in [1.165, 1.54) is 63.7 Å². The van der Waals surface area contributed by atoms with Gasteiger partial charge in [0.2, 0.25) is 0 Å². The highest BCUT2D eigenvalue weighted by Gasteiger charge is 2.17. The van der Waals surface area contributed by atoms with Crippen LogP contribution in [0.25, 0.3) is 0 Å². The molecule has 0 N–H and O–H groups in total. The molecule has 0 radical (unpaired) electrons. The Morgan fingerprint density at radius 1 is 0.700 bits per heavy atom. The molecular formula is C18H28P2. The predicted octanol–water partition coefficient (Wildman–Crippen LogP) is 4.67. The van der Waals surface area contributed by atoms with E-state index in [1.807, 2.05) is 0 Å². The van der Waals surface area contributed by atoms with Crippen LogP contribution < -0.4 is 10.6 Å². The molecule has 0 saturated heterocycles. The fourth-order valence-electron chi connectivity index (χ4n) is 3.73. The summed E-state index contributed by atoms with van der Waals surface area (Å²) in [5, 5.41) is 3.38. The SMILES string of the molecule is c1ccc(PCC2CCCC2)c(PCC2CCCC2)c1. The topological polar surface area (TPSA) is 0 Å². The van der Waals surface area contributed by atoms with Crippen molar-refractivity contribution in [3.63, 3.8) is 0 Å². The lowest BCUT2D eigenvalue weighted by atomic mass is 10.1. The summed E-state index contributed by atoms with van der Waals surface area (Å²) >= 11 is 0. The van der Waals surface area contributed by atoms with Gasteiger partial charge in [0.05, 0.1) is 0 Å². The Morgan fingerprint density at radius 2 is 1.10 bits per heavy atom. The maximum Gasteiger partial charge on any atom is -0.0197 e. The highest BCUT2D eigenvalue weighted by Crippen LogP contribution is 2.32. The molecule has 2 heteroatoms. The molecule has 0 aromatic heterocycles. The average molecular weight is 306 g/mol. The van der Waals surface area contributed by atoms with Crippen LogP contribution in [0.1, 0.15) is 51.4 Å². The van der Waals surface area contributed by atoms with Gasteiger partial charge in [-0.25, -0.2) is 0 Å². The van der Waals surface area contributed by atoms with Gasteiger partial charge >= 0.3 is 0 Å². The quantitative estimate of drug-likeness (QED) is 0.670. The third-order valence-electron chi connectivity index (χ3n) is 5.04. The van der Waals surface area contributed by atoms with Gasteiger partial charge in [-0.3, -0.25) is 0 Å². The molecule has 110 valence electrons. The number of hydrogen-bond acceptors (Lipinski definition) is 0. The lowest BCUT2D eigenvalue weighted by Crippen LogP contribution is -2.18. The molecule has 2 aliphatic rings. The Labute approximate surface area is 128 Å². The molecule has 0 amide bonds. The van der Waals surface area contributed by atoms with Gasteiger partial charge in [-0.05, 0) is 34.8 Å². The maximum atomic E-state index is 2.41. The number of rotatable bonds is 6. The molecule has 2 aliphatic carbocycles. The Bertz CT molecular complexity index is 365. The fraction of sp³-hybridized carbons (Fsp3) is 0.667. The molecule has 1 aromatic carbocycles. The second-order valence-electron chi connectivity index (χ2n) is 6.61. The summed E-state index contributed by atoms with van der Waals surface area (Å²) in [4.78, 5) is 0. The normalized spacial score (nSPS) is 22.0. The molecular weight excluding hydrogens is 278 g/mol. The van der Waals surface area contributed by atoms with Gasteiger partial charge in [-0.15, -0.1) is 0 Å². The Balaban J connectivity index is 1.52. The van der Waals surface area contributed by atoms with E-state index in [1.54, 1.807) is 10.6 Å². The van der Waals surface area contributed by atoms with E-state index >= 15 is 0 Å². The molecule has 2 fully saturated rings. The third-order valence-corrected chi connectivity index (χ3v) is 8.49.